The highest BCUT2D eigenvalue weighted by molar-refractivity contribution is 6.31. The number of fused-ring (bicyclic) bond motifs is 1. The molecule has 0 saturated heterocycles. The van der Waals surface area contributed by atoms with Crippen molar-refractivity contribution in [3.8, 4) is 11.5 Å². The number of halogens is 1. The molecule has 118 valence electrons. The third-order valence-corrected chi connectivity index (χ3v) is 3.39. The second-order valence-electron chi connectivity index (χ2n) is 4.78. The first-order valence-corrected chi connectivity index (χ1v) is 7.12. The molecule has 2 aromatic carbocycles. The van der Waals surface area contributed by atoms with E-state index in [0.29, 0.717) is 33.8 Å². The maximum atomic E-state index is 12.1. The molecule has 3 N–H and O–H groups in total. The molecule has 3 rings (SSSR count). The Morgan fingerprint density at radius 1 is 1.26 bits per heavy atom. The molecule has 1 aliphatic heterocycles. The van der Waals surface area contributed by atoms with Gasteiger partial charge in [-0.3, -0.25) is 0 Å². The predicted octanol–water partition coefficient (Wildman–Crippen LogP) is 4.27. The van der Waals surface area contributed by atoms with E-state index in [2.05, 4.69) is 22.5 Å². The van der Waals surface area contributed by atoms with Gasteiger partial charge in [0.25, 0.3) is 0 Å². The zero-order valence-electron chi connectivity index (χ0n) is 12.3. The van der Waals surface area contributed by atoms with Gasteiger partial charge in [0, 0.05) is 16.8 Å². The van der Waals surface area contributed by atoms with Gasteiger partial charge in [-0.15, -0.1) is 0 Å². The summed E-state index contributed by atoms with van der Waals surface area (Å²) in [6.45, 7) is 3.68. The molecular formula is C16H14ClN3O3. The van der Waals surface area contributed by atoms with Gasteiger partial charge < -0.3 is 25.4 Å². The van der Waals surface area contributed by atoms with Gasteiger partial charge in [-0.1, -0.05) is 11.6 Å². The van der Waals surface area contributed by atoms with Gasteiger partial charge in [-0.25, -0.2) is 4.79 Å². The van der Waals surface area contributed by atoms with E-state index in [-0.39, 0.29) is 0 Å². The minimum Gasteiger partial charge on any atom is -0.495 e. The fourth-order valence-electron chi connectivity index (χ4n) is 2.16. The number of carbonyl (C=O) groups is 1. The molecule has 7 heteroatoms. The van der Waals surface area contributed by atoms with Crippen molar-refractivity contribution in [3.05, 3.63) is 53.9 Å². The standard InChI is InChI=1S/C16H14ClN3O3/c1-9-18-12-5-4-11(8-15(12)23-9)19-16(21)20-13-7-10(17)3-6-14(13)22-2/h3-8,18H,1H2,2H3,(H2,19,20,21). The lowest BCUT2D eigenvalue weighted by Crippen LogP contribution is -2.19. The molecule has 0 aliphatic carbocycles. The number of hydrogen-bond donors (Lipinski definition) is 3. The Morgan fingerprint density at radius 2 is 2.09 bits per heavy atom. The van der Waals surface area contributed by atoms with Crippen LogP contribution >= 0.6 is 11.6 Å². The quantitative estimate of drug-likeness (QED) is 0.785. The number of anilines is 3. The number of methoxy groups -OCH3 is 1. The van der Waals surface area contributed by atoms with E-state index in [1.165, 1.54) is 7.11 Å². The monoisotopic (exact) mass is 331 g/mol. The van der Waals surface area contributed by atoms with Crippen molar-refractivity contribution in [3.63, 3.8) is 0 Å². The lowest BCUT2D eigenvalue weighted by atomic mass is 10.2. The third kappa shape index (κ3) is 3.32. The lowest BCUT2D eigenvalue weighted by molar-refractivity contribution is 0.262. The van der Waals surface area contributed by atoms with Crippen LogP contribution in [0.25, 0.3) is 0 Å². The van der Waals surface area contributed by atoms with Crippen LogP contribution in [-0.4, -0.2) is 13.1 Å². The highest BCUT2D eigenvalue weighted by atomic mass is 35.5. The maximum Gasteiger partial charge on any atom is 0.323 e. The highest BCUT2D eigenvalue weighted by Crippen LogP contribution is 2.35. The second-order valence-corrected chi connectivity index (χ2v) is 5.22. The fourth-order valence-corrected chi connectivity index (χ4v) is 2.33. The normalized spacial score (nSPS) is 12.0. The van der Waals surface area contributed by atoms with Crippen LogP contribution in [-0.2, 0) is 0 Å². The summed E-state index contributed by atoms with van der Waals surface area (Å²) in [6.07, 6.45) is 0. The Labute approximate surface area is 138 Å². The molecule has 1 heterocycles. The van der Waals surface area contributed by atoms with Crippen LogP contribution in [0.2, 0.25) is 5.02 Å². The average molecular weight is 332 g/mol. The number of rotatable bonds is 3. The van der Waals surface area contributed by atoms with Gasteiger partial charge in [0.1, 0.15) is 5.75 Å². The zero-order valence-corrected chi connectivity index (χ0v) is 13.0. The van der Waals surface area contributed by atoms with Crippen molar-refractivity contribution in [2.45, 2.75) is 0 Å². The first kappa shape index (κ1) is 15.1. The van der Waals surface area contributed by atoms with E-state index in [1.807, 2.05) is 0 Å². The van der Waals surface area contributed by atoms with E-state index in [4.69, 9.17) is 21.1 Å². The fraction of sp³-hybridized carbons (Fsp3) is 0.0625. The lowest BCUT2D eigenvalue weighted by Gasteiger charge is -2.12. The summed E-state index contributed by atoms with van der Waals surface area (Å²) in [5, 5.41) is 8.87. The summed E-state index contributed by atoms with van der Waals surface area (Å²) < 4.78 is 10.6. The highest BCUT2D eigenvalue weighted by Gasteiger charge is 2.16. The van der Waals surface area contributed by atoms with E-state index in [0.717, 1.165) is 5.69 Å². The van der Waals surface area contributed by atoms with Crippen LogP contribution in [0.5, 0.6) is 11.5 Å². The summed E-state index contributed by atoms with van der Waals surface area (Å²) in [5.41, 5.74) is 1.86. The zero-order chi connectivity index (χ0) is 16.4. The summed E-state index contributed by atoms with van der Waals surface area (Å²) in [4.78, 5) is 12.1. The third-order valence-electron chi connectivity index (χ3n) is 3.16. The van der Waals surface area contributed by atoms with Crippen molar-refractivity contribution in [2.75, 3.05) is 23.1 Å². The van der Waals surface area contributed by atoms with Crippen molar-refractivity contribution in [2.24, 2.45) is 0 Å². The van der Waals surface area contributed by atoms with E-state index < -0.39 is 6.03 Å². The Bertz CT molecular complexity index is 792. The van der Waals surface area contributed by atoms with Gasteiger partial charge in [0.2, 0.25) is 0 Å². The summed E-state index contributed by atoms with van der Waals surface area (Å²) >= 11 is 5.94. The van der Waals surface area contributed by atoms with Crippen LogP contribution in [0.1, 0.15) is 0 Å². The molecule has 0 saturated carbocycles. The topological polar surface area (TPSA) is 71.6 Å². The summed E-state index contributed by atoms with van der Waals surface area (Å²) in [7, 11) is 1.52. The number of ether oxygens (including phenoxy) is 2. The molecule has 0 bridgehead atoms. The minimum absolute atomic E-state index is 0.421. The number of amides is 2. The number of nitrogens with one attached hydrogen (secondary N) is 3. The van der Waals surface area contributed by atoms with E-state index in [9.17, 15) is 4.79 Å². The number of urea groups is 1. The molecule has 2 amide bonds. The van der Waals surface area contributed by atoms with Crippen LogP contribution in [0, 0.1) is 0 Å². The van der Waals surface area contributed by atoms with Gasteiger partial charge >= 0.3 is 6.03 Å². The average Bonchev–Trinajstić information content (AvgIpc) is 2.86. The van der Waals surface area contributed by atoms with Gasteiger partial charge in [0.15, 0.2) is 11.6 Å². The molecule has 0 spiro atoms. The van der Waals surface area contributed by atoms with Crippen molar-refractivity contribution in [1.82, 2.24) is 0 Å². The molecule has 0 fully saturated rings. The van der Waals surface area contributed by atoms with Crippen molar-refractivity contribution in [1.29, 1.82) is 0 Å². The Kier molecular flexibility index (Phi) is 3.99. The molecule has 23 heavy (non-hydrogen) atoms. The number of benzene rings is 2. The molecular weight excluding hydrogens is 318 g/mol. The summed E-state index contributed by atoms with van der Waals surface area (Å²) in [5.74, 6) is 1.57. The Morgan fingerprint density at radius 3 is 2.87 bits per heavy atom. The largest absolute Gasteiger partial charge is 0.495 e. The molecule has 1 aliphatic rings. The van der Waals surface area contributed by atoms with E-state index >= 15 is 0 Å². The van der Waals surface area contributed by atoms with Crippen LogP contribution in [0.4, 0.5) is 21.9 Å². The smallest absolute Gasteiger partial charge is 0.323 e. The van der Waals surface area contributed by atoms with E-state index in [1.54, 1.807) is 36.4 Å². The number of carbonyl (C=O) groups excluding carboxylic acids is 1. The van der Waals surface area contributed by atoms with Crippen molar-refractivity contribution >= 4 is 34.7 Å². The second kappa shape index (κ2) is 6.10. The predicted molar refractivity (Wildman–Crippen MR) is 90.5 cm³/mol. The molecule has 0 aromatic heterocycles. The first-order chi connectivity index (χ1) is 11.0. The van der Waals surface area contributed by atoms with Gasteiger partial charge in [-0.05, 0) is 36.9 Å². The molecule has 0 unspecified atom stereocenters. The van der Waals surface area contributed by atoms with Gasteiger partial charge in [0.05, 0.1) is 18.5 Å². The van der Waals surface area contributed by atoms with Crippen molar-refractivity contribution < 1.29 is 14.3 Å². The van der Waals surface area contributed by atoms with Crippen LogP contribution in [0.3, 0.4) is 0 Å². The first-order valence-electron chi connectivity index (χ1n) is 6.74. The van der Waals surface area contributed by atoms with Crippen LogP contribution in [0.15, 0.2) is 48.9 Å². The Balaban J connectivity index is 1.72. The maximum absolute atomic E-state index is 12.1. The SMILES string of the molecule is C=C1Nc2ccc(NC(=O)Nc3cc(Cl)ccc3OC)cc2O1. The molecule has 6 nitrogen and oxygen atoms in total. The molecule has 2 aromatic rings. The Hall–Kier alpha value is -2.86. The molecule has 0 radical (unpaired) electrons. The molecule has 0 atom stereocenters. The summed E-state index contributed by atoms with van der Waals surface area (Å²) in [6, 6.07) is 9.80. The van der Waals surface area contributed by atoms with Gasteiger partial charge in [-0.2, -0.15) is 0 Å². The van der Waals surface area contributed by atoms with Crippen LogP contribution < -0.4 is 25.4 Å². The minimum atomic E-state index is -0.421. The number of hydrogen-bond acceptors (Lipinski definition) is 4.